The number of fused-ring (bicyclic) bond motifs is 22. The molecular formula is C54H40B8N10S2. The Balaban J connectivity index is 0.819. The first kappa shape index (κ1) is 42.4. The number of allylic oxidation sites excluding steroid dienone is 16. The molecule has 10 aliphatic heterocycles. The van der Waals surface area contributed by atoms with E-state index in [0.717, 1.165) is 5.57 Å². The van der Waals surface area contributed by atoms with Gasteiger partial charge in [-0.05, 0) is 150 Å². The highest BCUT2D eigenvalue weighted by atomic mass is 32.1. The van der Waals surface area contributed by atoms with Crippen LogP contribution in [0.3, 0.4) is 0 Å². The molecule has 2 saturated heterocycles. The molecule has 0 atom stereocenters. The minimum atomic E-state index is -0.0933. The number of pyridine rings is 2. The van der Waals surface area contributed by atoms with Gasteiger partial charge in [-0.1, -0.05) is 102 Å². The van der Waals surface area contributed by atoms with Gasteiger partial charge >= 0.3 is 55.9 Å². The third-order valence-corrected chi connectivity index (χ3v) is 18.4. The first-order valence-electron chi connectivity index (χ1n) is 25.4. The first-order chi connectivity index (χ1) is 36.7. The molecule has 0 unspecified atom stereocenters. The van der Waals surface area contributed by atoms with E-state index in [4.69, 9.17) is 0 Å². The van der Waals surface area contributed by atoms with Crippen LogP contribution in [-0.2, 0) is 0 Å². The van der Waals surface area contributed by atoms with E-state index >= 15 is 0 Å². The summed E-state index contributed by atoms with van der Waals surface area (Å²) in [5.41, 5.74) is 7.22. The smallest absolute Gasteiger partial charge is 0.381 e. The molecule has 0 spiro atoms. The van der Waals surface area contributed by atoms with E-state index in [-0.39, 0.29) is 55.9 Å². The van der Waals surface area contributed by atoms with E-state index in [1.807, 2.05) is 47.5 Å². The first-order valence-corrected chi connectivity index (χ1v) is 27.0. The SMILES string of the molecule is C1=CB2N(C=C1)B1C=CC=CN1B1C=C(c3cc(C4=CN5B6C=CC=CN6B6C=CC=CN6B6C=C(c7cccc8c7sc7cnccc78)C=CN6B5C=C4)cc4c3sc3ccncc34)C=CN1B1C=CC=CN21. The summed E-state index contributed by atoms with van der Waals surface area (Å²) in [6.07, 6.45) is 55.0. The zero-order valence-electron chi connectivity index (χ0n) is 40.0. The van der Waals surface area contributed by atoms with Crippen molar-refractivity contribution in [2.24, 2.45) is 0 Å². The fourth-order valence-electron chi connectivity index (χ4n) is 12.6. The van der Waals surface area contributed by atoms with Crippen molar-refractivity contribution in [1.29, 1.82) is 0 Å². The Morgan fingerprint density at radius 3 is 1.51 bits per heavy atom. The van der Waals surface area contributed by atoms with Crippen LogP contribution in [-0.4, -0.2) is 104 Å². The second-order valence-electron chi connectivity index (χ2n) is 19.9. The lowest BCUT2D eigenvalue weighted by Gasteiger charge is -2.53. The summed E-state index contributed by atoms with van der Waals surface area (Å²) in [5, 5.41) is 4.94. The van der Waals surface area contributed by atoms with Gasteiger partial charge in [-0.3, -0.25) is 9.97 Å². The molecule has 10 nitrogen and oxygen atoms in total. The number of rotatable bonds is 3. The van der Waals surface area contributed by atoms with Crippen LogP contribution in [0.4, 0.5) is 0 Å². The van der Waals surface area contributed by atoms with Crippen molar-refractivity contribution in [2.45, 2.75) is 0 Å². The number of thiophene rings is 2. The number of aromatic nitrogens is 2. The van der Waals surface area contributed by atoms with Crippen LogP contribution < -0.4 is 0 Å². The van der Waals surface area contributed by atoms with Crippen LogP contribution in [0.1, 0.15) is 16.7 Å². The zero-order valence-corrected chi connectivity index (χ0v) is 41.6. The van der Waals surface area contributed by atoms with E-state index in [9.17, 15) is 0 Å². The Labute approximate surface area is 441 Å². The molecule has 10 aliphatic rings. The fraction of sp³-hybridized carbons (Fsp3) is 0. The summed E-state index contributed by atoms with van der Waals surface area (Å²) >= 11 is 3.69. The second kappa shape index (κ2) is 16.7. The van der Waals surface area contributed by atoms with Gasteiger partial charge in [0.05, 0.1) is 4.70 Å². The third kappa shape index (κ3) is 6.46. The second-order valence-corrected chi connectivity index (χ2v) is 22.0. The molecule has 2 fully saturated rings. The molecule has 0 radical (unpaired) electrons. The lowest BCUT2D eigenvalue weighted by atomic mass is 9.41. The summed E-state index contributed by atoms with van der Waals surface area (Å²) in [6, 6.07) is 15.9. The minimum Gasteiger partial charge on any atom is -0.423 e. The highest BCUT2D eigenvalue weighted by Crippen LogP contribution is 2.44. The molecule has 2 aromatic carbocycles. The molecule has 0 bridgehead atoms. The quantitative estimate of drug-likeness (QED) is 0.160. The number of hydrogen-bond acceptors (Lipinski definition) is 12. The standard InChI is InChI=1S/C54H40B8N10S2/c1-6-27-65-55(19-1)66-28-7-2-22-58(66)70-33-18-42(37-62(70)68-30-9-3-20-56(65)68)48-34-44(35-49-50-38-63-26-16-51(50)73-54(48)49)43-14-24-60-71-32-17-41(45-12-11-13-47-46-15-25-64-39-52(46)74-53(45)47)36-61(71)69-31-10-4-21-57(69)67-29-8-5-23-59(67)72(60)40-43/h1-40H. The molecule has 0 N–H and O–H groups in total. The Bertz CT molecular complexity index is 3910. The van der Waals surface area contributed by atoms with Crippen molar-refractivity contribution in [3.8, 4) is 0 Å². The fourth-order valence-corrected chi connectivity index (χ4v) is 15.0. The largest absolute Gasteiger partial charge is 0.423 e. The molecule has 4 aromatic heterocycles. The van der Waals surface area contributed by atoms with Crippen molar-refractivity contribution in [2.75, 3.05) is 0 Å². The molecule has 342 valence electrons. The lowest BCUT2D eigenvalue weighted by molar-refractivity contribution is 0.622. The average molecular weight is 980 g/mol. The highest BCUT2D eigenvalue weighted by Gasteiger charge is 2.52. The summed E-state index contributed by atoms with van der Waals surface area (Å²) in [4.78, 5) is 9.14. The van der Waals surface area contributed by atoms with Crippen molar-refractivity contribution < 1.29 is 0 Å². The van der Waals surface area contributed by atoms with Crippen LogP contribution >= 0.6 is 22.7 Å². The van der Waals surface area contributed by atoms with Gasteiger partial charge in [-0.2, -0.15) is 0 Å². The zero-order chi connectivity index (χ0) is 48.4. The maximum atomic E-state index is 4.68. The molecule has 20 heteroatoms. The van der Waals surface area contributed by atoms with Gasteiger partial charge in [0.1, 0.15) is 0 Å². The third-order valence-electron chi connectivity index (χ3n) is 16.0. The number of benzene rings is 2. The summed E-state index contributed by atoms with van der Waals surface area (Å²) in [6.45, 7) is -0.283. The molecule has 0 saturated carbocycles. The highest BCUT2D eigenvalue weighted by molar-refractivity contribution is 7.26. The molecule has 0 amide bonds. The van der Waals surface area contributed by atoms with E-state index in [1.165, 1.54) is 68.2 Å². The maximum absolute atomic E-state index is 4.68. The van der Waals surface area contributed by atoms with Crippen molar-refractivity contribution in [1.82, 2.24) is 47.7 Å². The van der Waals surface area contributed by atoms with E-state index in [2.05, 4.69) is 267 Å². The topological polar surface area (TPSA) is 51.7 Å². The van der Waals surface area contributed by atoms with Crippen LogP contribution in [0.5, 0.6) is 0 Å². The summed E-state index contributed by atoms with van der Waals surface area (Å²) in [5.74, 6) is 19.0. The van der Waals surface area contributed by atoms with Crippen LogP contribution in [0.2, 0.25) is 0 Å². The molecule has 74 heavy (non-hydrogen) atoms. The Hall–Kier alpha value is -8.06. The molecule has 6 aromatic rings. The average Bonchev–Trinajstić information content (AvgIpc) is 4.05. The molecule has 14 heterocycles. The van der Waals surface area contributed by atoms with Crippen molar-refractivity contribution in [3.05, 3.63) is 260 Å². The van der Waals surface area contributed by atoms with Crippen LogP contribution in [0, 0.1) is 0 Å². The predicted molar refractivity (Wildman–Crippen MR) is 318 cm³/mol. The number of nitrogens with zero attached hydrogens (tertiary/aromatic N) is 10. The monoisotopic (exact) mass is 980 g/mol. The molecular weight excluding hydrogens is 939 g/mol. The van der Waals surface area contributed by atoms with E-state index in [1.54, 1.807) is 0 Å². The van der Waals surface area contributed by atoms with Gasteiger partial charge in [0.2, 0.25) is 0 Å². The Kier molecular flexibility index (Phi) is 9.60. The Morgan fingerprint density at radius 1 is 0.365 bits per heavy atom. The normalized spacial score (nSPS) is 19.8. The number of hydrogen-bond donors (Lipinski definition) is 0. The van der Waals surface area contributed by atoms with Gasteiger partial charge in [0.15, 0.2) is 0 Å². The van der Waals surface area contributed by atoms with Gasteiger partial charge in [0.25, 0.3) is 0 Å². The molecule has 0 aliphatic carbocycles. The summed E-state index contributed by atoms with van der Waals surface area (Å²) < 4.78 is 25.1. The maximum Gasteiger partial charge on any atom is 0.381 e. The predicted octanol–water partition coefficient (Wildman–Crippen LogP) is 9.72. The van der Waals surface area contributed by atoms with Gasteiger partial charge < -0.3 is 37.8 Å². The molecule has 16 rings (SSSR count). The van der Waals surface area contributed by atoms with Crippen LogP contribution in [0.15, 0.2) is 244 Å². The van der Waals surface area contributed by atoms with Crippen molar-refractivity contribution in [3.63, 3.8) is 0 Å². The van der Waals surface area contributed by atoms with E-state index < -0.39 is 0 Å². The van der Waals surface area contributed by atoms with Gasteiger partial charge in [-0.25, -0.2) is 0 Å². The van der Waals surface area contributed by atoms with Crippen LogP contribution in [0.25, 0.3) is 57.1 Å². The minimum absolute atomic E-state index is 0.00793. The van der Waals surface area contributed by atoms with Gasteiger partial charge in [0, 0.05) is 60.4 Å². The van der Waals surface area contributed by atoms with E-state index in [0.29, 0.717) is 0 Å². The van der Waals surface area contributed by atoms with Gasteiger partial charge in [-0.15, -0.1) is 22.7 Å². The lowest BCUT2D eigenvalue weighted by Crippen LogP contribution is -2.73. The Morgan fingerprint density at radius 2 is 0.878 bits per heavy atom. The van der Waals surface area contributed by atoms with Crippen molar-refractivity contribution >= 4 is 136 Å². The summed E-state index contributed by atoms with van der Waals surface area (Å²) in [7, 11) is 0.